The van der Waals surface area contributed by atoms with Gasteiger partial charge in [-0.15, -0.1) is 0 Å². The summed E-state index contributed by atoms with van der Waals surface area (Å²) in [6.07, 6.45) is 1.57. The van der Waals surface area contributed by atoms with E-state index in [4.69, 9.17) is 5.11 Å². The van der Waals surface area contributed by atoms with E-state index in [1.165, 1.54) is 7.11 Å². The molecule has 0 aromatic carbocycles. The fourth-order valence-electron chi connectivity index (χ4n) is 1.55. The van der Waals surface area contributed by atoms with Crippen LogP contribution < -0.4 is 0 Å². The highest BCUT2D eigenvalue weighted by Gasteiger charge is 2.61. The van der Waals surface area contributed by atoms with Crippen molar-refractivity contribution in [2.75, 3.05) is 7.11 Å². The summed E-state index contributed by atoms with van der Waals surface area (Å²) < 4.78 is 0. The molecule has 12 heavy (non-hydrogen) atoms. The van der Waals surface area contributed by atoms with E-state index < -0.39 is 5.97 Å². The van der Waals surface area contributed by atoms with Gasteiger partial charge in [0.05, 0.1) is 5.92 Å². The van der Waals surface area contributed by atoms with Crippen LogP contribution in [0.25, 0.3) is 0 Å². The van der Waals surface area contributed by atoms with E-state index >= 15 is 0 Å². The third-order valence-electron chi connectivity index (χ3n) is 2.50. The Morgan fingerprint density at radius 3 is 2.58 bits per heavy atom. The summed E-state index contributed by atoms with van der Waals surface area (Å²) >= 11 is 0. The summed E-state index contributed by atoms with van der Waals surface area (Å²) in [6.45, 7) is 3.83. The van der Waals surface area contributed by atoms with Crippen LogP contribution in [0.1, 0.15) is 13.8 Å². The number of rotatable bonds is 3. The Morgan fingerprint density at radius 1 is 1.67 bits per heavy atom. The summed E-state index contributed by atoms with van der Waals surface area (Å²) in [5.41, 5.74) is -0.173. The quantitative estimate of drug-likeness (QED) is 0.508. The molecule has 0 radical (unpaired) electrons. The average molecular weight is 171 g/mol. The molecule has 1 N–H and O–H groups in total. The number of aliphatic carboxylic acids is 1. The highest BCUT2D eigenvalue weighted by atomic mass is 16.6. The second-order valence-corrected chi connectivity index (χ2v) is 3.60. The van der Waals surface area contributed by atoms with Crippen molar-refractivity contribution in [2.45, 2.75) is 13.8 Å². The number of hydrogen-bond donors (Lipinski definition) is 1. The van der Waals surface area contributed by atoms with Gasteiger partial charge in [-0.25, -0.2) is 0 Å². The monoisotopic (exact) mass is 171 g/mol. The minimum Gasteiger partial charge on any atom is -0.481 e. The topological polar surface area (TPSA) is 58.9 Å². The minimum atomic E-state index is -0.757. The number of carbonyl (C=O) groups is 1. The Labute approximate surface area is 71.2 Å². The molecule has 0 amide bonds. The van der Waals surface area contributed by atoms with Gasteiger partial charge < -0.3 is 9.94 Å². The van der Waals surface area contributed by atoms with Gasteiger partial charge in [0.2, 0.25) is 0 Å². The molecule has 0 aromatic rings. The average Bonchev–Trinajstić information content (AvgIpc) is 2.49. The lowest BCUT2D eigenvalue weighted by molar-refractivity contribution is -0.139. The van der Waals surface area contributed by atoms with E-state index in [1.807, 2.05) is 13.8 Å². The van der Waals surface area contributed by atoms with Crippen LogP contribution in [0.3, 0.4) is 0 Å². The molecule has 0 saturated heterocycles. The van der Waals surface area contributed by atoms with Gasteiger partial charge in [-0.1, -0.05) is 19.0 Å². The van der Waals surface area contributed by atoms with Crippen molar-refractivity contribution in [1.82, 2.24) is 0 Å². The van der Waals surface area contributed by atoms with Crippen LogP contribution in [0.5, 0.6) is 0 Å². The van der Waals surface area contributed by atoms with Crippen LogP contribution in [0, 0.1) is 17.3 Å². The first kappa shape index (κ1) is 9.03. The van der Waals surface area contributed by atoms with E-state index in [0.717, 1.165) is 0 Å². The summed E-state index contributed by atoms with van der Waals surface area (Å²) in [5, 5.41) is 12.3. The molecule has 0 spiro atoms. The van der Waals surface area contributed by atoms with Crippen molar-refractivity contribution in [2.24, 2.45) is 22.4 Å². The molecule has 1 aliphatic rings. The molecule has 4 heteroatoms. The van der Waals surface area contributed by atoms with Crippen molar-refractivity contribution in [3.8, 4) is 0 Å². The fraction of sp³-hybridized carbons (Fsp3) is 0.750. The lowest BCUT2D eigenvalue weighted by Crippen LogP contribution is -2.03. The standard InChI is InChI=1S/C8H13NO3/c1-8(2)5(4-9-12-3)6(8)7(10)11/h4-6H,1-3H3,(H,10,11)/t5-,6+/m0/s1. The van der Waals surface area contributed by atoms with Crippen molar-refractivity contribution in [3.05, 3.63) is 0 Å². The lowest BCUT2D eigenvalue weighted by Gasteiger charge is -1.95. The SMILES string of the molecule is CON=C[C@H]1[C@H](C(=O)O)C1(C)C. The number of oxime groups is 1. The van der Waals surface area contributed by atoms with Gasteiger partial charge in [0, 0.05) is 12.1 Å². The zero-order valence-electron chi connectivity index (χ0n) is 7.44. The Hall–Kier alpha value is -1.06. The van der Waals surface area contributed by atoms with Crippen molar-refractivity contribution < 1.29 is 14.7 Å². The zero-order chi connectivity index (χ0) is 9.35. The van der Waals surface area contributed by atoms with Crippen LogP contribution in [-0.2, 0) is 9.63 Å². The molecule has 0 aliphatic heterocycles. The van der Waals surface area contributed by atoms with Gasteiger partial charge in [-0.05, 0) is 5.41 Å². The molecule has 1 rings (SSSR count). The van der Waals surface area contributed by atoms with E-state index in [1.54, 1.807) is 6.21 Å². The second kappa shape index (κ2) is 2.77. The Kier molecular flexibility index (Phi) is 2.08. The van der Waals surface area contributed by atoms with E-state index in [0.29, 0.717) is 0 Å². The maximum absolute atomic E-state index is 10.6. The predicted molar refractivity (Wildman–Crippen MR) is 43.9 cm³/mol. The Balaban J connectivity index is 2.60. The van der Waals surface area contributed by atoms with Crippen LogP contribution in [0.4, 0.5) is 0 Å². The third-order valence-corrected chi connectivity index (χ3v) is 2.50. The van der Waals surface area contributed by atoms with Crippen molar-refractivity contribution in [1.29, 1.82) is 0 Å². The zero-order valence-corrected chi connectivity index (χ0v) is 7.44. The molecule has 1 saturated carbocycles. The maximum atomic E-state index is 10.6. The summed E-state index contributed by atoms with van der Waals surface area (Å²) in [5.74, 6) is -1.06. The number of nitrogens with zero attached hydrogens (tertiary/aromatic N) is 1. The fourth-order valence-corrected chi connectivity index (χ4v) is 1.55. The van der Waals surface area contributed by atoms with E-state index in [-0.39, 0.29) is 17.3 Å². The van der Waals surface area contributed by atoms with E-state index in [9.17, 15) is 4.79 Å². The van der Waals surface area contributed by atoms with Crippen LogP contribution >= 0.6 is 0 Å². The van der Waals surface area contributed by atoms with Crippen LogP contribution in [0.2, 0.25) is 0 Å². The molecule has 68 valence electrons. The first-order chi connectivity index (χ1) is 5.51. The number of carboxylic acids is 1. The lowest BCUT2D eigenvalue weighted by atomic mass is 10.1. The smallest absolute Gasteiger partial charge is 0.307 e. The van der Waals surface area contributed by atoms with Gasteiger partial charge in [0.15, 0.2) is 0 Å². The van der Waals surface area contributed by atoms with E-state index in [2.05, 4.69) is 9.99 Å². The molecule has 4 nitrogen and oxygen atoms in total. The van der Waals surface area contributed by atoms with Gasteiger partial charge in [0.1, 0.15) is 7.11 Å². The molecular formula is C8H13NO3. The molecule has 0 aromatic heterocycles. The number of carboxylic acid groups (broad SMARTS) is 1. The molecular weight excluding hydrogens is 158 g/mol. The van der Waals surface area contributed by atoms with Gasteiger partial charge in [-0.2, -0.15) is 0 Å². The normalized spacial score (nSPS) is 31.9. The minimum absolute atomic E-state index is 0.00921. The highest BCUT2D eigenvalue weighted by Crippen LogP contribution is 2.57. The Bertz CT molecular complexity index is 222. The molecule has 0 unspecified atom stereocenters. The first-order valence-electron chi connectivity index (χ1n) is 3.81. The first-order valence-corrected chi connectivity index (χ1v) is 3.81. The van der Waals surface area contributed by atoms with Gasteiger partial charge >= 0.3 is 5.97 Å². The van der Waals surface area contributed by atoms with Crippen LogP contribution in [-0.4, -0.2) is 24.4 Å². The third kappa shape index (κ3) is 1.29. The predicted octanol–water partition coefficient (Wildman–Crippen LogP) is 0.975. The largest absolute Gasteiger partial charge is 0.481 e. The molecule has 0 heterocycles. The summed E-state index contributed by atoms with van der Waals surface area (Å²) in [4.78, 5) is 15.1. The maximum Gasteiger partial charge on any atom is 0.307 e. The van der Waals surface area contributed by atoms with Gasteiger partial charge in [0.25, 0.3) is 0 Å². The second-order valence-electron chi connectivity index (χ2n) is 3.60. The highest BCUT2D eigenvalue weighted by molar-refractivity contribution is 5.84. The summed E-state index contributed by atoms with van der Waals surface area (Å²) in [7, 11) is 1.45. The molecule has 2 atom stereocenters. The van der Waals surface area contributed by atoms with Crippen molar-refractivity contribution >= 4 is 12.2 Å². The van der Waals surface area contributed by atoms with Crippen molar-refractivity contribution in [3.63, 3.8) is 0 Å². The summed E-state index contributed by atoms with van der Waals surface area (Å²) in [6, 6.07) is 0. The molecule has 0 bridgehead atoms. The molecule has 1 aliphatic carbocycles. The van der Waals surface area contributed by atoms with Gasteiger partial charge in [-0.3, -0.25) is 4.79 Å². The number of hydrogen-bond acceptors (Lipinski definition) is 3. The Morgan fingerprint density at radius 2 is 2.25 bits per heavy atom. The molecule has 1 fully saturated rings. The van der Waals surface area contributed by atoms with Crippen LogP contribution in [0.15, 0.2) is 5.16 Å².